The molecule has 0 spiro atoms. The van der Waals surface area contributed by atoms with E-state index >= 15 is 0 Å². The summed E-state index contributed by atoms with van der Waals surface area (Å²) in [6.07, 6.45) is 6.79. The maximum absolute atomic E-state index is 8.80. The van der Waals surface area contributed by atoms with Gasteiger partial charge in [-0.2, -0.15) is 5.26 Å². The Kier molecular flexibility index (Phi) is 4.31. The van der Waals surface area contributed by atoms with E-state index in [2.05, 4.69) is 28.1 Å². The van der Waals surface area contributed by atoms with E-state index in [4.69, 9.17) is 5.26 Å². The number of halogens is 1. The maximum Gasteiger partial charge on any atom is 0.0992 e. The Bertz CT molecular complexity index is 405. The van der Waals surface area contributed by atoms with Gasteiger partial charge in [-0.15, -0.1) is 11.8 Å². The van der Waals surface area contributed by atoms with Crippen LogP contribution in [0.15, 0.2) is 27.6 Å². The molecule has 1 aliphatic rings. The molecule has 84 valence electrons. The molecule has 0 radical (unpaired) electrons. The molecule has 0 amide bonds. The number of rotatable bonds is 2. The fourth-order valence-corrected chi connectivity index (χ4v) is 3.93. The third kappa shape index (κ3) is 3.02. The number of nitriles is 1. The van der Waals surface area contributed by atoms with Crippen LogP contribution in [0, 0.1) is 11.3 Å². The van der Waals surface area contributed by atoms with Crippen LogP contribution in [-0.2, 0) is 0 Å². The number of hydrogen-bond acceptors (Lipinski definition) is 2. The largest absolute Gasteiger partial charge is 0.192 e. The van der Waals surface area contributed by atoms with Crippen molar-refractivity contribution in [2.24, 2.45) is 0 Å². The van der Waals surface area contributed by atoms with Crippen LogP contribution in [0.4, 0.5) is 0 Å². The Labute approximate surface area is 109 Å². The summed E-state index contributed by atoms with van der Waals surface area (Å²) < 4.78 is 1.06. The Morgan fingerprint density at radius 3 is 2.62 bits per heavy atom. The predicted octanol–water partition coefficient (Wildman–Crippen LogP) is 4.75. The highest BCUT2D eigenvalue weighted by molar-refractivity contribution is 9.10. The highest BCUT2D eigenvalue weighted by Crippen LogP contribution is 2.37. The van der Waals surface area contributed by atoms with Crippen molar-refractivity contribution in [2.75, 3.05) is 0 Å². The van der Waals surface area contributed by atoms with E-state index in [0.717, 1.165) is 15.3 Å². The summed E-state index contributed by atoms with van der Waals surface area (Å²) >= 11 is 5.50. The third-order valence-corrected chi connectivity index (χ3v) is 5.24. The highest BCUT2D eigenvalue weighted by Gasteiger charge is 2.15. The second-order valence-electron chi connectivity index (χ2n) is 4.13. The standard InChI is InChI=1S/C13H14BrNS/c14-12-8-10(9-15)6-7-13(12)16-11-4-2-1-3-5-11/h6-8,11H,1-5H2. The summed E-state index contributed by atoms with van der Waals surface area (Å²) in [4.78, 5) is 1.27. The first-order chi connectivity index (χ1) is 7.79. The van der Waals surface area contributed by atoms with Crippen molar-refractivity contribution >= 4 is 27.7 Å². The van der Waals surface area contributed by atoms with Gasteiger partial charge in [-0.3, -0.25) is 0 Å². The van der Waals surface area contributed by atoms with Crippen LogP contribution < -0.4 is 0 Å². The summed E-state index contributed by atoms with van der Waals surface area (Å²) in [7, 11) is 0. The molecular formula is C13H14BrNS. The van der Waals surface area contributed by atoms with Gasteiger partial charge in [0.25, 0.3) is 0 Å². The SMILES string of the molecule is N#Cc1ccc(SC2CCCCC2)c(Br)c1. The third-order valence-electron chi connectivity index (χ3n) is 2.91. The molecule has 1 fully saturated rings. The highest BCUT2D eigenvalue weighted by atomic mass is 79.9. The quantitative estimate of drug-likeness (QED) is 0.786. The molecule has 0 atom stereocenters. The van der Waals surface area contributed by atoms with Crippen molar-refractivity contribution in [1.82, 2.24) is 0 Å². The van der Waals surface area contributed by atoms with E-state index in [0.29, 0.717) is 0 Å². The van der Waals surface area contributed by atoms with Crippen LogP contribution in [0.5, 0.6) is 0 Å². The van der Waals surface area contributed by atoms with Crippen LogP contribution in [0.1, 0.15) is 37.7 Å². The van der Waals surface area contributed by atoms with Gasteiger partial charge in [0, 0.05) is 14.6 Å². The summed E-state index contributed by atoms with van der Waals surface area (Å²) in [6, 6.07) is 8.02. The van der Waals surface area contributed by atoms with E-state index in [1.54, 1.807) is 0 Å². The molecule has 16 heavy (non-hydrogen) atoms. The van der Waals surface area contributed by atoms with Crippen molar-refractivity contribution in [3.63, 3.8) is 0 Å². The van der Waals surface area contributed by atoms with Gasteiger partial charge in [-0.05, 0) is 47.0 Å². The molecule has 0 unspecified atom stereocenters. The minimum atomic E-state index is 0.722. The first-order valence-electron chi connectivity index (χ1n) is 5.66. The van der Waals surface area contributed by atoms with E-state index in [-0.39, 0.29) is 0 Å². The van der Waals surface area contributed by atoms with Crippen LogP contribution in [0.25, 0.3) is 0 Å². The fourth-order valence-electron chi connectivity index (χ4n) is 2.03. The van der Waals surface area contributed by atoms with Crippen LogP contribution in [0.3, 0.4) is 0 Å². The summed E-state index contributed by atoms with van der Waals surface area (Å²) in [5, 5.41) is 9.56. The lowest BCUT2D eigenvalue weighted by molar-refractivity contribution is 0.516. The van der Waals surface area contributed by atoms with Gasteiger partial charge < -0.3 is 0 Å². The van der Waals surface area contributed by atoms with Crippen LogP contribution in [0.2, 0.25) is 0 Å². The summed E-state index contributed by atoms with van der Waals surface area (Å²) in [5.74, 6) is 0. The predicted molar refractivity (Wildman–Crippen MR) is 71.6 cm³/mol. The van der Waals surface area contributed by atoms with Crippen molar-refractivity contribution in [1.29, 1.82) is 5.26 Å². The lowest BCUT2D eigenvalue weighted by Gasteiger charge is -2.21. The summed E-state index contributed by atoms with van der Waals surface area (Å²) in [5.41, 5.74) is 0.722. The maximum atomic E-state index is 8.80. The molecule has 1 saturated carbocycles. The van der Waals surface area contributed by atoms with Gasteiger partial charge in [0.05, 0.1) is 11.6 Å². The zero-order valence-electron chi connectivity index (χ0n) is 9.08. The van der Waals surface area contributed by atoms with Crippen LogP contribution >= 0.6 is 27.7 Å². The van der Waals surface area contributed by atoms with Crippen molar-refractivity contribution in [3.8, 4) is 6.07 Å². The normalized spacial score (nSPS) is 17.0. The van der Waals surface area contributed by atoms with Gasteiger partial charge in [0.2, 0.25) is 0 Å². The minimum Gasteiger partial charge on any atom is -0.192 e. The fraction of sp³-hybridized carbons (Fsp3) is 0.462. The Morgan fingerprint density at radius 1 is 1.25 bits per heavy atom. The monoisotopic (exact) mass is 295 g/mol. The molecule has 0 N–H and O–H groups in total. The molecule has 1 aliphatic carbocycles. The van der Waals surface area contributed by atoms with Gasteiger partial charge in [-0.1, -0.05) is 19.3 Å². The van der Waals surface area contributed by atoms with Gasteiger partial charge in [0.15, 0.2) is 0 Å². The molecule has 0 saturated heterocycles. The molecule has 2 rings (SSSR count). The average Bonchev–Trinajstić information content (AvgIpc) is 2.33. The number of thioether (sulfide) groups is 1. The first kappa shape index (κ1) is 12.0. The van der Waals surface area contributed by atoms with Crippen molar-refractivity contribution < 1.29 is 0 Å². The van der Waals surface area contributed by atoms with Crippen LogP contribution in [-0.4, -0.2) is 5.25 Å². The average molecular weight is 296 g/mol. The number of hydrogen-bond donors (Lipinski definition) is 0. The Balaban J connectivity index is 2.06. The van der Waals surface area contributed by atoms with E-state index in [1.807, 2.05) is 23.9 Å². The molecular weight excluding hydrogens is 282 g/mol. The Hall–Kier alpha value is -0.460. The zero-order valence-corrected chi connectivity index (χ0v) is 11.5. The molecule has 0 bridgehead atoms. The molecule has 0 aromatic heterocycles. The number of nitrogens with zero attached hydrogens (tertiary/aromatic N) is 1. The van der Waals surface area contributed by atoms with Crippen molar-refractivity contribution in [3.05, 3.63) is 28.2 Å². The minimum absolute atomic E-state index is 0.722. The molecule has 0 aliphatic heterocycles. The van der Waals surface area contributed by atoms with Gasteiger partial charge in [0.1, 0.15) is 0 Å². The molecule has 1 nitrogen and oxygen atoms in total. The topological polar surface area (TPSA) is 23.8 Å². The Morgan fingerprint density at radius 2 is 2.00 bits per heavy atom. The van der Waals surface area contributed by atoms with E-state index < -0.39 is 0 Å². The van der Waals surface area contributed by atoms with Gasteiger partial charge in [-0.25, -0.2) is 0 Å². The van der Waals surface area contributed by atoms with E-state index in [1.165, 1.54) is 37.0 Å². The lowest BCUT2D eigenvalue weighted by atomic mass is 10.0. The molecule has 0 heterocycles. The zero-order chi connectivity index (χ0) is 11.4. The first-order valence-corrected chi connectivity index (χ1v) is 7.33. The van der Waals surface area contributed by atoms with E-state index in [9.17, 15) is 0 Å². The van der Waals surface area contributed by atoms with Crippen molar-refractivity contribution in [2.45, 2.75) is 42.2 Å². The summed E-state index contributed by atoms with van der Waals surface area (Å²) in [6.45, 7) is 0. The second-order valence-corrected chi connectivity index (χ2v) is 6.33. The smallest absolute Gasteiger partial charge is 0.0992 e. The molecule has 1 aromatic carbocycles. The lowest BCUT2D eigenvalue weighted by Crippen LogP contribution is -2.07. The van der Waals surface area contributed by atoms with Gasteiger partial charge >= 0.3 is 0 Å². The number of benzene rings is 1. The molecule has 3 heteroatoms. The second kappa shape index (κ2) is 5.75. The molecule has 1 aromatic rings.